The molecule has 76 valence electrons. The lowest BCUT2D eigenvalue weighted by Crippen LogP contribution is -2.37. The minimum atomic E-state index is -1.43. The van der Waals surface area contributed by atoms with Crippen LogP contribution in [-0.4, -0.2) is 21.1 Å². The van der Waals surface area contributed by atoms with E-state index in [-0.39, 0.29) is 17.9 Å². The van der Waals surface area contributed by atoms with E-state index >= 15 is 0 Å². The minimum Gasteiger partial charge on any atom is -0.504 e. The summed E-state index contributed by atoms with van der Waals surface area (Å²) in [4.78, 5) is 0. The number of para-hydroxylation sites is 1. The van der Waals surface area contributed by atoms with Crippen molar-refractivity contribution >= 4 is 0 Å². The average molecular weight is 196 g/mol. The van der Waals surface area contributed by atoms with Gasteiger partial charge in [0.25, 0.3) is 0 Å². The van der Waals surface area contributed by atoms with Gasteiger partial charge in [0.2, 0.25) is 5.79 Å². The van der Waals surface area contributed by atoms with Gasteiger partial charge in [-0.15, -0.1) is 0 Å². The second kappa shape index (κ2) is 2.87. The number of hydrogen-bond acceptors (Lipinski definition) is 4. The molecule has 0 aromatic heterocycles. The van der Waals surface area contributed by atoms with Crippen LogP contribution in [0.5, 0.6) is 11.5 Å². The molecular weight excluding hydrogens is 184 g/mol. The van der Waals surface area contributed by atoms with Crippen LogP contribution in [0, 0.1) is 0 Å². The Morgan fingerprint density at radius 1 is 1.50 bits per heavy atom. The number of ether oxygens (including phenoxy) is 1. The van der Waals surface area contributed by atoms with Crippen LogP contribution in [-0.2, 0) is 0 Å². The molecule has 4 heteroatoms. The summed E-state index contributed by atoms with van der Waals surface area (Å²) in [6, 6.07) is 4.74. The maximum absolute atomic E-state index is 9.67. The molecule has 14 heavy (non-hydrogen) atoms. The summed E-state index contributed by atoms with van der Waals surface area (Å²) in [7, 11) is 0. The standard InChI is InChI=1S/C10H12O4/c1-10(13)5-8(12)6-3-2-4-7(11)9(6)14-10/h2-4,8,11-13H,5H2,1H3. The van der Waals surface area contributed by atoms with Gasteiger partial charge in [-0.1, -0.05) is 12.1 Å². The molecule has 0 radical (unpaired) electrons. The second-order valence-corrected chi connectivity index (χ2v) is 3.69. The maximum atomic E-state index is 9.67. The number of rotatable bonds is 0. The van der Waals surface area contributed by atoms with E-state index in [1.165, 1.54) is 13.0 Å². The Labute approximate surface area is 81.4 Å². The number of fused-ring (bicyclic) bond motifs is 1. The maximum Gasteiger partial charge on any atom is 0.208 e. The smallest absolute Gasteiger partial charge is 0.208 e. The normalized spacial score (nSPS) is 30.6. The van der Waals surface area contributed by atoms with Crippen molar-refractivity contribution in [2.75, 3.05) is 0 Å². The largest absolute Gasteiger partial charge is 0.504 e. The van der Waals surface area contributed by atoms with Gasteiger partial charge in [-0.2, -0.15) is 0 Å². The fourth-order valence-electron chi connectivity index (χ4n) is 1.65. The molecule has 0 fully saturated rings. The quantitative estimate of drug-likeness (QED) is 0.577. The summed E-state index contributed by atoms with van der Waals surface area (Å²) in [5, 5.41) is 28.8. The molecule has 1 aliphatic rings. The number of aromatic hydroxyl groups is 1. The number of hydrogen-bond donors (Lipinski definition) is 3. The van der Waals surface area contributed by atoms with Crippen LogP contribution >= 0.6 is 0 Å². The predicted molar refractivity (Wildman–Crippen MR) is 48.9 cm³/mol. The Morgan fingerprint density at radius 3 is 2.93 bits per heavy atom. The van der Waals surface area contributed by atoms with Crippen molar-refractivity contribution < 1.29 is 20.1 Å². The van der Waals surface area contributed by atoms with Crippen LogP contribution in [0.15, 0.2) is 18.2 Å². The van der Waals surface area contributed by atoms with Gasteiger partial charge in [0.1, 0.15) is 0 Å². The number of phenols is 1. The third-order valence-corrected chi connectivity index (χ3v) is 2.28. The first kappa shape index (κ1) is 9.30. The highest BCUT2D eigenvalue weighted by atomic mass is 16.6. The molecule has 4 nitrogen and oxygen atoms in total. The summed E-state index contributed by atoms with van der Waals surface area (Å²) < 4.78 is 5.17. The van der Waals surface area contributed by atoms with Gasteiger partial charge >= 0.3 is 0 Å². The Hall–Kier alpha value is -1.26. The zero-order valence-corrected chi connectivity index (χ0v) is 7.77. The fourth-order valence-corrected chi connectivity index (χ4v) is 1.65. The summed E-state index contributed by atoms with van der Waals surface area (Å²) in [6.45, 7) is 1.45. The topological polar surface area (TPSA) is 69.9 Å². The van der Waals surface area contributed by atoms with Crippen molar-refractivity contribution in [3.63, 3.8) is 0 Å². The highest BCUT2D eigenvalue weighted by Crippen LogP contribution is 2.43. The van der Waals surface area contributed by atoms with E-state index in [4.69, 9.17) is 4.74 Å². The fraction of sp³-hybridized carbons (Fsp3) is 0.400. The van der Waals surface area contributed by atoms with Crippen molar-refractivity contribution in [3.05, 3.63) is 23.8 Å². The van der Waals surface area contributed by atoms with Gasteiger partial charge in [-0.05, 0) is 6.07 Å². The summed E-state index contributed by atoms with van der Waals surface area (Å²) in [5.74, 6) is -1.33. The predicted octanol–water partition coefficient (Wildman–Crippen LogP) is 0.917. The molecule has 0 bridgehead atoms. The van der Waals surface area contributed by atoms with Gasteiger partial charge in [0.05, 0.1) is 6.10 Å². The van der Waals surface area contributed by atoms with Crippen LogP contribution < -0.4 is 4.74 Å². The van der Waals surface area contributed by atoms with Crippen LogP contribution in [0.3, 0.4) is 0 Å². The van der Waals surface area contributed by atoms with Gasteiger partial charge in [0, 0.05) is 18.9 Å². The molecular formula is C10H12O4. The highest BCUT2D eigenvalue weighted by Gasteiger charge is 2.35. The minimum absolute atomic E-state index is 0.0680. The molecule has 3 N–H and O–H groups in total. The van der Waals surface area contributed by atoms with E-state index in [0.29, 0.717) is 5.56 Å². The second-order valence-electron chi connectivity index (χ2n) is 3.69. The van der Waals surface area contributed by atoms with E-state index in [9.17, 15) is 15.3 Å². The van der Waals surface area contributed by atoms with Crippen molar-refractivity contribution in [2.45, 2.75) is 25.2 Å². The molecule has 0 spiro atoms. The van der Waals surface area contributed by atoms with Crippen LogP contribution in [0.2, 0.25) is 0 Å². The number of phenolic OH excluding ortho intramolecular Hbond substituents is 1. The third kappa shape index (κ3) is 1.42. The number of aliphatic hydroxyl groups excluding tert-OH is 1. The molecule has 2 atom stereocenters. The average Bonchev–Trinajstić information content (AvgIpc) is 2.05. The summed E-state index contributed by atoms with van der Waals surface area (Å²) in [6.07, 6.45) is -0.704. The van der Waals surface area contributed by atoms with Crippen LogP contribution in [0.25, 0.3) is 0 Å². The number of aliphatic hydroxyl groups is 2. The summed E-state index contributed by atoms with van der Waals surface area (Å²) in [5.41, 5.74) is 0.511. The SMILES string of the molecule is CC1(O)CC(O)c2cccc(O)c2O1. The van der Waals surface area contributed by atoms with Crippen LogP contribution in [0.4, 0.5) is 0 Å². The van der Waals surface area contributed by atoms with E-state index < -0.39 is 11.9 Å². The molecule has 1 aromatic rings. The van der Waals surface area contributed by atoms with E-state index in [1.54, 1.807) is 12.1 Å². The molecule has 0 aliphatic carbocycles. The molecule has 2 unspecified atom stereocenters. The van der Waals surface area contributed by atoms with Crippen molar-refractivity contribution in [3.8, 4) is 11.5 Å². The van der Waals surface area contributed by atoms with E-state index in [2.05, 4.69) is 0 Å². The van der Waals surface area contributed by atoms with E-state index in [1.807, 2.05) is 0 Å². The molecule has 1 aromatic carbocycles. The Bertz CT molecular complexity index is 359. The lowest BCUT2D eigenvalue weighted by atomic mass is 9.97. The molecule has 0 amide bonds. The first-order valence-electron chi connectivity index (χ1n) is 4.41. The summed E-state index contributed by atoms with van der Waals surface area (Å²) >= 11 is 0. The zero-order chi connectivity index (χ0) is 10.3. The Morgan fingerprint density at radius 2 is 2.21 bits per heavy atom. The molecule has 1 aliphatic heterocycles. The molecule has 2 rings (SSSR count). The highest BCUT2D eigenvalue weighted by molar-refractivity contribution is 5.48. The van der Waals surface area contributed by atoms with Crippen molar-refractivity contribution in [2.24, 2.45) is 0 Å². The van der Waals surface area contributed by atoms with Crippen molar-refractivity contribution in [1.82, 2.24) is 0 Å². The molecule has 1 heterocycles. The van der Waals surface area contributed by atoms with E-state index in [0.717, 1.165) is 0 Å². The van der Waals surface area contributed by atoms with Gasteiger partial charge < -0.3 is 20.1 Å². The Balaban J connectivity index is 2.51. The first-order valence-corrected chi connectivity index (χ1v) is 4.41. The molecule has 0 saturated carbocycles. The Kier molecular flexibility index (Phi) is 1.90. The van der Waals surface area contributed by atoms with Crippen molar-refractivity contribution in [1.29, 1.82) is 0 Å². The van der Waals surface area contributed by atoms with Gasteiger partial charge in [-0.3, -0.25) is 0 Å². The lowest BCUT2D eigenvalue weighted by Gasteiger charge is -2.34. The first-order chi connectivity index (χ1) is 6.49. The zero-order valence-electron chi connectivity index (χ0n) is 7.77. The third-order valence-electron chi connectivity index (χ3n) is 2.28. The lowest BCUT2D eigenvalue weighted by molar-refractivity contribution is -0.159. The van der Waals surface area contributed by atoms with Gasteiger partial charge in [0.15, 0.2) is 11.5 Å². The monoisotopic (exact) mass is 196 g/mol. The van der Waals surface area contributed by atoms with Crippen LogP contribution in [0.1, 0.15) is 25.0 Å². The number of benzene rings is 1. The molecule has 0 saturated heterocycles. The van der Waals surface area contributed by atoms with Gasteiger partial charge in [-0.25, -0.2) is 0 Å².